The van der Waals surface area contributed by atoms with Gasteiger partial charge in [-0.1, -0.05) is 24.3 Å². The van der Waals surface area contributed by atoms with E-state index in [1.165, 1.54) is 0 Å². The van der Waals surface area contributed by atoms with Gasteiger partial charge in [-0.25, -0.2) is 14.6 Å². The molecule has 1 N–H and O–H groups in total. The minimum absolute atomic E-state index is 0.0788. The molecule has 2 rings (SSSR count). The number of ether oxygens (including phenoxy) is 2. The smallest absolute Gasteiger partial charge is 0.347 e. The Morgan fingerprint density at radius 2 is 1.86 bits per heavy atom. The maximum atomic E-state index is 11.5. The van der Waals surface area contributed by atoms with Crippen molar-refractivity contribution in [3.8, 4) is 0 Å². The quantitative estimate of drug-likeness (QED) is 0.657. The number of aliphatic hydroxyl groups excluding tert-OH is 1. The topological polar surface area (TPSA) is 85.7 Å². The Morgan fingerprint density at radius 3 is 2.62 bits per heavy atom. The maximum Gasteiger partial charge on any atom is 0.347 e. The van der Waals surface area contributed by atoms with E-state index in [9.17, 15) is 14.7 Å². The highest BCUT2D eigenvalue weighted by molar-refractivity contribution is 5.97. The number of para-hydroxylation sites is 1. The second-order valence-corrected chi connectivity index (χ2v) is 4.26. The molecule has 6 nitrogen and oxygen atoms in total. The van der Waals surface area contributed by atoms with Gasteiger partial charge < -0.3 is 14.6 Å². The lowest BCUT2D eigenvalue weighted by Crippen LogP contribution is -2.33. The molecule has 0 spiro atoms. The Kier molecular flexibility index (Phi) is 4.84. The van der Waals surface area contributed by atoms with Crippen LogP contribution in [0.4, 0.5) is 0 Å². The molecule has 6 heteroatoms. The molecule has 2 aromatic rings. The second kappa shape index (κ2) is 6.81. The van der Waals surface area contributed by atoms with Gasteiger partial charge >= 0.3 is 11.9 Å². The Hall–Kier alpha value is -2.47. The number of pyridine rings is 1. The molecule has 0 radical (unpaired) electrons. The molecule has 1 aromatic carbocycles. The van der Waals surface area contributed by atoms with Gasteiger partial charge in [-0.15, -0.1) is 0 Å². The summed E-state index contributed by atoms with van der Waals surface area (Å²) < 4.78 is 9.38. The third-order valence-electron chi connectivity index (χ3n) is 2.75. The van der Waals surface area contributed by atoms with Gasteiger partial charge in [0.1, 0.15) is 6.61 Å². The van der Waals surface area contributed by atoms with Crippen molar-refractivity contribution >= 4 is 22.8 Å². The van der Waals surface area contributed by atoms with E-state index in [1.54, 1.807) is 13.0 Å². The van der Waals surface area contributed by atoms with Crippen LogP contribution in [-0.4, -0.2) is 34.7 Å². The monoisotopic (exact) mass is 289 g/mol. The van der Waals surface area contributed by atoms with Gasteiger partial charge in [0.15, 0.2) is 0 Å². The van der Waals surface area contributed by atoms with Crippen molar-refractivity contribution in [2.24, 2.45) is 0 Å². The standard InChI is InChI=1S/C15H15NO5/c1-2-20-14(18)13(17)15(19)21-9-11-8-7-10-5-3-4-6-12(10)16-11/h3-8,13,17H,2,9H2,1H3. The van der Waals surface area contributed by atoms with Crippen molar-refractivity contribution in [1.82, 2.24) is 4.98 Å². The molecule has 110 valence electrons. The van der Waals surface area contributed by atoms with E-state index in [0.29, 0.717) is 5.69 Å². The summed E-state index contributed by atoms with van der Waals surface area (Å²) in [5, 5.41) is 10.4. The second-order valence-electron chi connectivity index (χ2n) is 4.26. The van der Waals surface area contributed by atoms with Crippen molar-refractivity contribution in [3.63, 3.8) is 0 Å². The van der Waals surface area contributed by atoms with Gasteiger partial charge in [-0.2, -0.15) is 0 Å². The average Bonchev–Trinajstić information content (AvgIpc) is 2.51. The van der Waals surface area contributed by atoms with Crippen molar-refractivity contribution < 1.29 is 24.2 Å². The van der Waals surface area contributed by atoms with Gasteiger partial charge in [0, 0.05) is 5.39 Å². The third kappa shape index (κ3) is 3.76. The fourth-order valence-electron chi connectivity index (χ4n) is 1.73. The molecule has 0 aliphatic heterocycles. The largest absolute Gasteiger partial charge is 0.464 e. The Labute approximate surface area is 121 Å². The molecule has 0 aliphatic carbocycles. The number of aromatic nitrogens is 1. The molecule has 1 heterocycles. The van der Waals surface area contributed by atoms with Crippen LogP contribution in [-0.2, 0) is 25.7 Å². The third-order valence-corrected chi connectivity index (χ3v) is 2.75. The highest BCUT2D eigenvalue weighted by Crippen LogP contribution is 2.12. The summed E-state index contributed by atoms with van der Waals surface area (Å²) >= 11 is 0. The predicted octanol–water partition coefficient (Wildman–Crippen LogP) is 1.20. The summed E-state index contributed by atoms with van der Waals surface area (Å²) in [4.78, 5) is 27.0. The lowest BCUT2D eigenvalue weighted by Gasteiger charge is -2.09. The number of benzene rings is 1. The summed E-state index contributed by atoms with van der Waals surface area (Å²) in [5.74, 6) is -2.07. The summed E-state index contributed by atoms with van der Waals surface area (Å²) in [5.41, 5.74) is 1.30. The number of rotatable bonds is 5. The van der Waals surface area contributed by atoms with Crippen LogP contribution in [0.1, 0.15) is 12.6 Å². The zero-order chi connectivity index (χ0) is 15.2. The predicted molar refractivity (Wildman–Crippen MR) is 74.2 cm³/mol. The van der Waals surface area contributed by atoms with Gasteiger partial charge in [0.05, 0.1) is 17.8 Å². The summed E-state index contributed by atoms with van der Waals surface area (Å²) in [7, 11) is 0. The first-order chi connectivity index (χ1) is 10.1. The first-order valence-corrected chi connectivity index (χ1v) is 6.48. The molecule has 0 fully saturated rings. The van der Waals surface area contributed by atoms with Gasteiger partial charge in [-0.05, 0) is 19.1 Å². The number of fused-ring (bicyclic) bond motifs is 1. The molecule has 0 aliphatic rings. The molecule has 0 bridgehead atoms. The fourth-order valence-corrected chi connectivity index (χ4v) is 1.73. The van der Waals surface area contributed by atoms with Crippen LogP contribution in [0.2, 0.25) is 0 Å². The van der Waals surface area contributed by atoms with Crippen molar-refractivity contribution in [1.29, 1.82) is 0 Å². The number of hydrogen-bond acceptors (Lipinski definition) is 6. The Balaban J connectivity index is 1.98. The molecule has 21 heavy (non-hydrogen) atoms. The fraction of sp³-hybridized carbons (Fsp3) is 0.267. The molecular weight excluding hydrogens is 274 g/mol. The van der Waals surface area contributed by atoms with Crippen LogP contribution in [0.5, 0.6) is 0 Å². The van der Waals surface area contributed by atoms with Crippen LogP contribution in [0.25, 0.3) is 10.9 Å². The van der Waals surface area contributed by atoms with Crippen molar-refractivity contribution in [3.05, 3.63) is 42.1 Å². The molecule has 0 saturated carbocycles. The molecular formula is C15H15NO5. The number of carbonyl (C=O) groups excluding carboxylic acids is 2. The maximum absolute atomic E-state index is 11.5. The van der Waals surface area contributed by atoms with Gasteiger partial charge in [0.25, 0.3) is 0 Å². The SMILES string of the molecule is CCOC(=O)C(O)C(=O)OCc1ccc2ccccc2n1. The number of carbonyl (C=O) groups is 2. The lowest BCUT2D eigenvalue weighted by molar-refractivity contribution is -0.169. The highest BCUT2D eigenvalue weighted by atomic mass is 16.6. The van der Waals surface area contributed by atoms with E-state index in [2.05, 4.69) is 9.72 Å². The minimum atomic E-state index is -1.93. The van der Waals surface area contributed by atoms with Crippen LogP contribution in [0.15, 0.2) is 36.4 Å². The zero-order valence-electron chi connectivity index (χ0n) is 11.5. The average molecular weight is 289 g/mol. The zero-order valence-corrected chi connectivity index (χ0v) is 11.5. The lowest BCUT2D eigenvalue weighted by atomic mass is 10.2. The van der Waals surface area contributed by atoms with E-state index < -0.39 is 18.0 Å². The van der Waals surface area contributed by atoms with E-state index in [1.807, 2.05) is 30.3 Å². The molecule has 1 atom stereocenters. The molecule has 1 aromatic heterocycles. The van der Waals surface area contributed by atoms with Crippen molar-refractivity contribution in [2.75, 3.05) is 6.61 Å². The number of esters is 2. The van der Waals surface area contributed by atoms with Gasteiger partial charge in [0.2, 0.25) is 6.10 Å². The highest BCUT2D eigenvalue weighted by Gasteiger charge is 2.26. The van der Waals surface area contributed by atoms with Crippen LogP contribution in [0.3, 0.4) is 0 Å². The van der Waals surface area contributed by atoms with E-state index in [-0.39, 0.29) is 13.2 Å². The Morgan fingerprint density at radius 1 is 1.14 bits per heavy atom. The summed E-state index contributed by atoms with van der Waals surface area (Å²) in [6, 6.07) is 11.1. The summed E-state index contributed by atoms with van der Waals surface area (Å²) in [6.07, 6.45) is -1.93. The number of aliphatic hydroxyl groups is 1. The van der Waals surface area contributed by atoms with Crippen LogP contribution >= 0.6 is 0 Å². The van der Waals surface area contributed by atoms with Gasteiger partial charge in [-0.3, -0.25) is 0 Å². The van der Waals surface area contributed by atoms with E-state index >= 15 is 0 Å². The minimum Gasteiger partial charge on any atom is -0.464 e. The molecule has 0 amide bonds. The van der Waals surface area contributed by atoms with Crippen LogP contribution in [0, 0.1) is 0 Å². The number of hydrogen-bond donors (Lipinski definition) is 1. The number of nitrogens with zero attached hydrogens (tertiary/aromatic N) is 1. The summed E-state index contributed by atoms with van der Waals surface area (Å²) in [6.45, 7) is 1.53. The first-order valence-electron chi connectivity index (χ1n) is 6.48. The molecule has 0 saturated heterocycles. The van der Waals surface area contributed by atoms with E-state index in [0.717, 1.165) is 10.9 Å². The molecule has 1 unspecified atom stereocenters. The Bertz CT molecular complexity index is 655. The van der Waals surface area contributed by atoms with E-state index in [4.69, 9.17) is 4.74 Å². The van der Waals surface area contributed by atoms with Crippen molar-refractivity contribution in [2.45, 2.75) is 19.6 Å². The van der Waals surface area contributed by atoms with Crippen LogP contribution < -0.4 is 0 Å². The normalized spacial score (nSPS) is 11.9. The first kappa shape index (κ1) is 14.9.